The predicted molar refractivity (Wildman–Crippen MR) is 108 cm³/mol. The molecule has 6 nitrogen and oxygen atoms in total. The molecule has 0 atom stereocenters. The first-order chi connectivity index (χ1) is 14.6. The van der Waals surface area contributed by atoms with E-state index in [4.69, 9.17) is 0 Å². The lowest BCUT2D eigenvalue weighted by Crippen LogP contribution is -2.31. The first-order valence-electron chi connectivity index (χ1n) is 9.49. The van der Waals surface area contributed by atoms with Crippen LogP contribution in [-0.4, -0.2) is 41.1 Å². The summed E-state index contributed by atoms with van der Waals surface area (Å²) in [5, 5.41) is -0.158. The lowest BCUT2D eigenvalue weighted by Gasteiger charge is -2.27. The molecule has 0 unspecified atom stereocenters. The summed E-state index contributed by atoms with van der Waals surface area (Å²) in [5.74, 6) is 0. The van der Waals surface area contributed by atoms with Gasteiger partial charge in [0, 0.05) is 55.8 Å². The summed E-state index contributed by atoms with van der Waals surface area (Å²) in [5.41, 5.74) is 2.72. The van der Waals surface area contributed by atoms with E-state index in [0.29, 0.717) is 37.3 Å². The first kappa shape index (κ1) is 21.4. The maximum Gasteiger partial charge on any atom is 0.416 e. The van der Waals surface area contributed by atoms with Gasteiger partial charge in [0.2, 0.25) is 15.0 Å². The molecular formula is C21H19F3N4O2S. The Morgan fingerprint density at radius 1 is 1.10 bits per heavy atom. The van der Waals surface area contributed by atoms with Crippen molar-refractivity contribution in [2.45, 2.75) is 30.8 Å². The Morgan fingerprint density at radius 3 is 2.58 bits per heavy atom. The van der Waals surface area contributed by atoms with Crippen LogP contribution >= 0.6 is 0 Å². The van der Waals surface area contributed by atoms with Gasteiger partial charge in [-0.15, -0.1) is 0 Å². The van der Waals surface area contributed by atoms with Crippen LogP contribution in [0, 0.1) is 0 Å². The number of benzene rings is 1. The van der Waals surface area contributed by atoms with Crippen molar-refractivity contribution >= 4 is 9.84 Å². The number of aromatic nitrogens is 3. The molecule has 0 N–H and O–H groups in total. The third-order valence-corrected chi connectivity index (χ3v) is 5.90. The van der Waals surface area contributed by atoms with Crippen LogP contribution in [0.5, 0.6) is 0 Å². The van der Waals surface area contributed by atoms with Crippen molar-refractivity contribution in [3.63, 3.8) is 0 Å². The zero-order chi connectivity index (χ0) is 22.2. The Morgan fingerprint density at radius 2 is 1.90 bits per heavy atom. The van der Waals surface area contributed by atoms with Crippen molar-refractivity contribution < 1.29 is 21.6 Å². The molecule has 1 aliphatic heterocycles. The molecule has 0 fully saturated rings. The molecule has 0 saturated heterocycles. The Balaban J connectivity index is 1.46. The van der Waals surface area contributed by atoms with Crippen molar-refractivity contribution in [2.24, 2.45) is 0 Å². The van der Waals surface area contributed by atoms with Gasteiger partial charge in [0.1, 0.15) is 0 Å². The zero-order valence-electron chi connectivity index (χ0n) is 16.6. The normalized spacial score (nSPS) is 15.0. The van der Waals surface area contributed by atoms with Gasteiger partial charge in [-0.2, -0.15) is 13.2 Å². The lowest BCUT2D eigenvalue weighted by molar-refractivity contribution is -0.137. The van der Waals surface area contributed by atoms with E-state index in [1.165, 1.54) is 6.07 Å². The molecular weight excluding hydrogens is 429 g/mol. The molecule has 0 amide bonds. The summed E-state index contributed by atoms with van der Waals surface area (Å²) in [6.07, 6.45) is 0.510. The summed E-state index contributed by atoms with van der Waals surface area (Å²) < 4.78 is 62.0. The van der Waals surface area contributed by atoms with Gasteiger partial charge in [-0.05, 0) is 23.8 Å². The second-order valence-electron chi connectivity index (χ2n) is 7.49. The van der Waals surface area contributed by atoms with Gasteiger partial charge in [0.15, 0.2) is 0 Å². The molecule has 1 aliphatic rings. The Labute approximate surface area is 177 Å². The number of sulfone groups is 1. The molecule has 0 radical (unpaired) electrons. The molecule has 0 bridgehead atoms. The van der Waals surface area contributed by atoms with E-state index in [9.17, 15) is 21.6 Å². The highest BCUT2D eigenvalue weighted by Crippen LogP contribution is 2.31. The smallest absolute Gasteiger partial charge is 0.294 e. The fourth-order valence-corrected chi connectivity index (χ4v) is 3.99. The number of nitrogens with zero attached hydrogens (tertiary/aromatic N) is 4. The van der Waals surface area contributed by atoms with Gasteiger partial charge >= 0.3 is 6.18 Å². The molecule has 0 spiro atoms. The van der Waals surface area contributed by atoms with Gasteiger partial charge < -0.3 is 0 Å². The fraction of sp³-hybridized carbons (Fsp3) is 0.286. The lowest BCUT2D eigenvalue weighted by atomic mass is 10.1. The summed E-state index contributed by atoms with van der Waals surface area (Å²) >= 11 is 0. The summed E-state index contributed by atoms with van der Waals surface area (Å²) in [6, 6.07) is 8.66. The van der Waals surface area contributed by atoms with Crippen LogP contribution in [0.25, 0.3) is 11.3 Å². The van der Waals surface area contributed by atoms with E-state index in [-0.39, 0.29) is 5.16 Å². The highest BCUT2D eigenvalue weighted by molar-refractivity contribution is 7.90. The highest BCUT2D eigenvalue weighted by atomic mass is 32.2. The SMILES string of the molecule is CS(=O)(=O)c1ncc2c(n1)CCN(Cc1ccc(-c3cccc(C(F)(F)F)c3)nc1)C2. The van der Waals surface area contributed by atoms with E-state index in [1.807, 2.05) is 6.07 Å². The average molecular weight is 448 g/mol. The van der Waals surface area contributed by atoms with Gasteiger partial charge in [0.25, 0.3) is 0 Å². The molecule has 0 saturated carbocycles. The molecule has 0 aliphatic carbocycles. The molecule has 1 aromatic carbocycles. The van der Waals surface area contributed by atoms with E-state index < -0.39 is 21.6 Å². The summed E-state index contributed by atoms with van der Waals surface area (Å²) in [6.45, 7) is 1.88. The Kier molecular flexibility index (Phi) is 5.52. The number of rotatable bonds is 4. The van der Waals surface area contributed by atoms with Crippen LogP contribution in [0.3, 0.4) is 0 Å². The van der Waals surface area contributed by atoms with E-state index >= 15 is 0 Å². The molecule has 2 aromatic heterocycles. The van der Waals surface area contributed by atoms with Crippen LogP contribution in [0.15, 0.2) is 53.9 Å². The number of fused-ring (bicyclic) bond motifs is 1. The monoisotopic (exact) mass is 448 g/mol. The van der Waals surface area contributed by atoms with Gasteiger partial charge in [-0.25, -0.2) is 18.4 Å². The van der Waals surface area contributed by atoms with E-state index in [2.05, 4.69) is 19.9 Å². The second kappa shape index (κ2) is 8.01. The molecule has 4 rings (SSSR count). The van der Waals surface area contributed by atoms with E-state index in [0.717, 1.165) is 35.2 Å². The first-order valence-corrected chi connectivity index (χ1v) is 11.4. The van der Waals surface area contributed by atoms with Crippen LogP contribution in [0.4, 0.5) is 13.2 Å². The van der Waals surface area contributed by atoms with Crippen molar-refractivity contribution in [3.05, 3.63) is 71.2 Å². The van der Waals surface area contributed by atoms with Gasteiger partial charge in [0.05, 0.1) is 17.0 Å². The number of pyridine rings is 1. The second-order valence-corrected chi connectivity index (χ2v) is 9.40. The topological polar surface area (TPSA) is 76.1 Å². The number of halogens is 3. The largest absolute Gasteiger partial charge is 0.416 e. The molecule has 162 valence electrons. The van der Waals surface area contributed by atoms with E-state index in [1.54, 1.807) is 24.5 Å². The summed E-state index contributed by atoms with van der Waals surface area (Å²) in [7, 11) is -3.44. The summed E-state index contributed by atoms with van der Waals surface area (Å²) in [4.78, 5) is 14.6. The minimum absolute atomic E-state index is 0.158. The minimum atomic E-state index is -4.40. The fourth-order valence-electron chi connectivity index (χ4n) is 3.47. The third kappa shape index (κ3) is 4.91. The van der Waals surface area contributed by atoms with Crippen LogP contribution in [0.2, 0.25) is 0 Å². The van der Waals surface area contributed by atoms with Crippen LogP contribution in [-0.2, 0) is 35.5 Å². The van der Waals surface area contributed by atoms with Crippen molar-refractivity contribution in [2.75, 3.05) is 12.8 Å². The Hall–Kier alpha value is -2.85. The van der Waals surface area contributed by atoms with Crippen LogP contribution < -0.4 is 0 Å². The zero-order valence-corrected chi connectivity index (χ0v) is 17.4. The van der Waals surface area contributed by atoms with Crippen molar-refractivity contribution in [1.82, 2.24) is 19.9 Å². The molecule has 31 heavy (non-hydrogen) atoms. The third-order valence-electron chi connectivity index (χ3n) is 5.04. The predicted octanol–water partition coefficient (Wildman–Crippen LogP) is 3.52. The van der Waals surface area contributed by atoms with Crippen molar-refractivity contribution in [1.29, 1.82) is 0 Å². The van der Waals surface area contributed by atoms with Gasteiger partial charge in [-0.3, -0.25) is 9.88 Å². The number of hydrogen-bond donors (Lipinski definition) is 0. The quantitative estimate of drug-likeness (QED) is 0.569. The standard InChI is InChI=1S/C21H19F3N4O2S/c1-31(29,30)20-26-11-16-13-28(8-7-19(16)27-20)12-14-5-6-18(25-10-14)15-3-2-4-17(9-15)21(22,23)24/h2-6,9-11H,7-8,12-13H2,1H3. The average Bonchev–Trinajstić information content (AvgIpc) is 2.73. The maximum absolute atomic E-state index is 12.9. The molecule has 10 heteroatoms. The Bertz CT molecular complexity index is 1210. The number of alkyl halides is 3. The molecule has 3 aromatic rings. The molecule has 3 heterocycles. The minimum Gasteiger partial charge on any atom is -0.294 e. The van der Waals surface area contributed by atoms with Crippen molar-refractivity contribution in [3.8, 4) is 11.3 Å². The highest BCUT2D eigenvalue weighted by Gasteiger charge is 2.30. The number of hydrogen-bond acceptors (Lipinski definition) is 6. The van der Waals surface area contributed by atoms with Gasteiger partial charge in [-0.1, -0.05) is 18.2 Å². The van der Waals surface area contributed by atoms with Crippen LogP contribution in [0.1, 0.15) is 22.4 Å². The maximum atomic E-state index is 12.9.